The Morgan fingerprint density at radius 2 is 2.00 bits per heavy atom. The lowest BCUT2D eigenvalue weighted by molar-refractivity contribution is -0.115. The van der Waals surface area contributed by atoms with Crippen molar-refractivity contribution in [3.05, 3.63) is 29.8 Å². The number of hydrogen-bond acceptors (Lipinski definition) is 3. The zero-order valence-corrected chi connectivity index (χ0v) is 12.5. The highest BCUT2D eigenvalue weighted by atomic mass is 35.5. The van der Waals surface area contributed by atoms with Gasteiger partial charge in [-0.25, -0.2) is 0 Å². The number of hydrogen-bond donors (Lipinski definition) is 3. The fourth-order valence-electron chi connectivity index (χ4n) is 1.56. The molecule has 0 aliphatic rings. The number of anilines is 1. The molecular formula is C14H22ClN3O2. The van der Waals surface area contributed by atoms with Gasteiger partial charge in [-0.3, -0.25) is 9.59 Å². The van der Waals surface area contributed by atoms with Crippen LogP contribution in [0.5, 0.6) is 0 Å². The van der Waals surface area contributed by atoms with Crippen molar-refractivity contribution >= 4 is 29.9 Å². The summed E-state index contributed by atoms with van der Waals surface area (Å²) in [6.45, 7) is 3.03. The van der Waals surface area contributed by atoms with Crippen LogP contribution >= 0.6 is 12.4 Å². The molecule has 1 rings (SSSR count). The summed E-state index contributed by atoms with van der Waals surface area (Å²) in [6, 6.07) is 6.91. The van der Waals surface area contributed by atoms with Gasteiger partial charge in [-0.1, -0.05) is 13.0 Å². The fourth-order valence-corrected chi connectivity index (χ4v) is 1.56. The lowest BCUT2D eigenvalue weighted by atomic mass is 10.2. The largest absolute Gasteiger partial charge is 0.352 e. The first-order chi connectivity index (χ1) is 9.17. The molecule has 5 nitrogen and oxygen atoms in total. The van der Waals surface area contributed by atoms with Crippen LogP contribution in [0.15, 0.2) is 24.3 Å². The lowest BCUT2D eigenvalue weighted by Crippen LogP contribution is -2.25. The third-order valence-corrected chi connectivity index (χ3v) is 2.65. The Bertz CT molecular complexity index is 438. The smallest absolute Gasteiger partial charge is 0.251 e. The molecule has 0 heterocycles. The molecule has 20 heavy (non-hydrogen) atoms. The Hall–Kier alpha value is -1.59. The predicted octanol–water partition coefficient (Wildman–Crippen LogP) is 1.93. The van der Waals surface area contributed by atoms with Crippen molar-refractivity contribution in [1.82, 2.24) is 5.32 Å². The van der Waals surface area contributed by atoms with E-state index in [-0.39, 0.29) is 24.2 Å². The SMILES string of the molecule is CCC(=O)Nc1cccc(C(=O)NCCCCN)c1.Cl. The van der Waals surface area contributed by atoms with Crippen LogP contribution in [0.25, 0.3) is 0 Å². The summed E-state index contributed by atoms with van der Waals surface area (Å²) >= 11 is 0. The number of benzene rings is 1. The van der Waals surface area contributed by atoms with E-state index in [1.807, 2.05) is 0 Å². The molecule has 0 spiro atoms. The van der Waals surface area contributed by atoms with E-state index < -0.39 is 0 Å². The standard InChI is InChI=1S/C14H21N3O2.ClH/c1-2-13(18)17-12-7-5-6-11(10-12)14(19)16-9-4-3-8-15;/h5-7,10H,2-4,8-9,15H2,1H3,(H,16,19)(H,17,18);1H. The Balaban J connectivity index is 0.00000361. The van der Waals surface area contributed by atoms with E-state index in [1.54, 1.807) is 31.2 Å². The molecule has 0 saturated carbocycles. The first kappa shape index (κ1) is 18.4. The molecule has 0 fully saturated rings. The molecule has 1 aromatic carbocycles. The van der Waals surface area contributed by atoms with Crippen LogP contribution in [-0.4, -0.2) is 24.9 Å². The van der Waals surface area contributed by atoms with Crippen molar-refractivity contribution in [2.24, 2.45) is 5.73 Å². The molecule has 0 unspecified atom stereocenters. The summed E-state index contributed by atoms with van der Waals surface area (Å²) in [6.07, 6.45) is 2.18. The molecule has 0 saturated heterocycles. The Kier molecular flexibility index (Phi) is 9.41. The minimum Gasteiger partial charge on any atom is -0.352 e. The molecule has 0 aliphatic carbocycles. The average molecular weight is 300 g/mol. The zero-order chi connectivity index (χ0) is 14.1. The second kappa shape index (κ2) is 10.2. The Labute approximate surface area is 125 Å². The molecule has 4 N–H and O–H groups in total. The highest BCUT2D eigenvalue weighted by Crippen LogP contribution is 2.11. The molecule has 0 radical (unpaired) electrons. The van der Waals surface area contributed by atoms with Crippen LogP contribution in [0.4, 0.5) is 5.69 Å². The summed E-state index contributed by atoms with van der Waals surface area (Å²) in [7, 11) is 0. The van der Waals surface area contributed by atoms with Gasteiger partial charge in [0, 0.05) is 24.2 Å². The van der Waals surface area contributed by atoms with Crippen LogP contribution in [0.3, 0.4) is 0 Å². The van der Waals surface area contributed by atoms with Crippen LogP contribution in [0.2, 0.25) is 0 Å². The number of nitrogens with two attached hydrogens (primary N) is 1. The summed E-state index contributed by atoms with van der Waals surface area (Å²) in [5, 5.41) is 5.55. The molecule has 2 amide bonds. The number of unbranched alkanes of at least 4 members (excludes halogenated alkanes) is 1. The van der Waals surface area contributed by atoms with Crippen molar-refractivity contribution < 1.29 is 9.59 Å². The Morgan fingerprint density at radius 3 is 2.65 bits per heavy atom. The third-order valence-electron chi connectivity index (χ3n) is 2.65. The lowest BCUT2D eigenvalue weighted by Gasteiger charge is -2.07. The first-order valence-corrected chi connectivity index (χ1v) is 6.55. The topological polar surface area (TPSA) is 84.2 Å². The molecule has 0 aromatic heterocycles. The second-order valence-corrected chi connectivity index (χ2v) is 4.23. The Morgan fingerprint density at radius 1 is 1.25 bits per heavy atom. The highest BCUT2D eigenvalue weighted by molar-refractivity contribution is 5.97. The van der Waals surface area contributed by atoms with E-state index in [2.05, 4.69) is 10.6 Å². The van der Waals surface area contributed by atoms with Crippen molar-refractivity contribution in [3.8, 4) is 0 Å². The zero-order valence-electron chi connectivity index (χ0n) is 11.6. The second-order valence-electron chi connectivity index (χ2n) is 4.23. The molecule has 112 valence electrons. The van der Waals surface area contributed by atoms with Crippen molar-refractivity contribution in [2.75, 3.05) is 18.4 Å². The van der Waals surface area contributed by atoms with Gasteiger partial charge in [0.1, 0.15) is 0 Å². The van der Waals surface area contributed by atoms with E-state index in [1.165, 1.54) is 0 Å². The maximum atomic E-state index is 11.9. The monoisotopic (exact) mass is 299 g/mol. The van der Waals surface area contributed by atoms with Gasteiger partial charge in [-0.15, -0.1) is 12.4 Å². The summed E-state index contributed by atoms with van der Waals surface area (Å²) in [5.74, 6) is -0.204. The predicted molar refractivity (Wildman–Crippen MR) is 83.2 cm³/mol. The minimum atomic E-state index is -0.135. The van der Waals surface area contributed by atoms with Gasteiger partial charge in [-0.05, 0) is 37.6 Å². The van der Waals surface area contributed by atoms with Gasteiger partial charge < -0.3 is 16.4 Å². The van der Waals surface area contributed by atoms with E-state index in [4.69, 9.17) is 5.73 Å². The van der Waals surface area contributed by atoms with Gasteiger partial charge in [0.15, 0.2) is 0 Å². The fraction of sp³-hybridized carbons (Fsp3) is 0.429. The van der Waals surface area contributed by atoms with Gasteiger partial charge in [0.2, 0.25) is 5.91 Å². The molecule has 0 atom stereocenters. The van der Waals surface area contributed by atoms with E-state index in [0.717, 1.165) is 12.8 Å². The van der Waals surface area contributed by atoms with Crippen LogP contribution < -0.4 is 16.4 Å². The first-order valence-electron chi connectivity index (χ1n) is 6.55. The van der Waals surface area contributed by atoms with Crippen LogP contribution in [0, 0.1) is 0 Å². The number of carbonyl (C=O) groups excluding carboxylic acids is 2. The maximum absolute atomic E-state index is 11.9. The van der Waals surface area contributed by atoms with Gasteiger partial charge in [0.25, 0.3) is 5.91 Å². The number of nitrogens with one attached hydrogen (secondary N) is 2. The molecule has 0 bridgehead atoms. The van der Waals surface area contributed by atoms with Crippen molar-refractivity contribution in [1.29, 1.82) is 0 Å². The van der Waals surface area contributed by atoms with Crippen molar-refractivity contribution in [3.63, 3.8) is 0 Å². The van der Waals surface area contributed by atoms with Gasteiger partial charge in [0.05, 0.1) is 0 Å². The van der Waals surface area contributed by atoms with Gasteiger partial charge in [-0.2, -0.15) is 0 Å². The van der Waals surface area contributed by atoms with Crippen molar-refractivity contribution in [2.45, 2.75) is 26.2 Å². The van der Waals surface area contributed by atoms with E-state index in [9.17, 15) is 9.59 Å². The van der Waals surface area contributed by atoms with E-state index in [0.29, 0.717) is 30.8 Å². The summed E-state index contributed by atoms with van der Waals surface area (Å²) in [4.78, 5) is 23.1. The number of amides is 2. The quantitative estimate of drug-likeness (QED) is 0.673. The van der Waals surface area contributed by atoms with Crippen LogP contribution in [-0.2, 0) is 4.79 Å². The average Bonchev–Trinajstić information content (AvgIpc) is 2.43. The number of halogens is 1. The molecular weight excluding hydrogens is 278 g/mol. The normalized spacial score (nSPS) is 9.50. The van der Waals surface area contributed by atoms with Crippen LogP contribution in [0.1, 0.15) is 36.5 Å². The number of carbonyl (C=O) groups is 2. The highest BCUT2D eigenvalue weighted by Gasteiger charge is 2.06. The third kappa shape index (κ3) is 6.54. The minimum absolute atomic E-state index is 0. The van der Waals surface area contributed by atoms with E-state index >= 15 is 0 Å². The summed E-state index contributed by atoms with van der Waals surface area (Å²) < 4.78 is 0. The summed E-state index contributed by atoms with van der Waals surface area (Å²) in [5.41, 5.74) is 6.57. The number of rotatable bonds is 7. The molecule has 1 aromatic rings. The molecule has 6 heteroatoms. The van der Waals surface area contributed by atoms with Gasteiger partial charge >= 0.3 is 0 Å². The maximum Gasteiger partial charge on any atom is 0.251 e. The molecule has 0 aliphatic heterocycles.